The van der Waals surface area contributed by atoms with Crippen molar-refractivity contribution < 1.29 is 13.2 Å². The first-order valence-corrected chi connectivity index (χ1v) is 8.52. The van der Waals surface area contributed by atoms with Crippen molar-refractivity contribution in [1.29, 1.82) is 0 Å². The highest BCUT2D eigenvalue weighted by molar-refractivity contribution is 7.89. The molecule has 1 fully saturated rings. The van der Waals surface area contributed by atoms with E-state index in [1.54, 1.807) is 30.5 Å². The number of nitrogens with zero attached hydrogens (tertiary/aromatic N) is 1. The van der Waals surface area contributed by atoms with Crippen molar-refractivity contribution >= 4 is 21.6 Å². The fourth-order valence-electron chi connectivity index (χ4n) is 2.54. The third-order valence-electron chi connectivity index (χ3n) is 3.74. The van der Waals surface area contributed by atoms with Crippen LogP contribution in [0, 0.1) is 12.8 Å². The quantitative estimate of drug-likeness (QED) is 0.857. The van der Waals surface area contributed by atoms with Crippen LogP contribution < -0.4 is 0 Å². The Kier molecular flexibility index (Phi) is 5.07. The maximum absolute atomic E-state index is 12.7. The van der Waals surface area contributed by atoms with Crippen molar-refractivity contribution in [3.8, 4) is 0 Å². The summed E-state index contributed by atoms with van der Waals surface area (Å²) in [6, 6.07) is 4.99. The van der Waals surface area contributed by atoms with Gasteiger partial charge in [0, 0.05) is 31.8 Å². The Bertz CT molecular complexity index is 566. The second-order valence-electron chi connectivity index (χ2n) is 5.21. The Labute approximate surface area is 125 Å². The van der Waals surface area contributed by atoms with Gasteiger partial charge in [-0.1, -0.05) is 17.7 Å². The molecule has 0 bridgehead atoms. The molecular weight excluding hydrogens is 298 g/mol. The molecule has 1 aromatic carbocycles. The molecule has 1 aromatic rings. The van der Waals surface area contributed by atoms with Crippen LogP contribution >= 0.6 is 11.6 Å². The van der Waals surface area contributed by atoms with Crippen LogP contribution in [-0.2, 0) is 14.8 Å². The second-order valence-corrected chi connectivity index (χ2v) is 7.56. The average Bonchev–Trinajstić information content (AvgIpc) is 2.42. The molecular formula is C14H20ClNO3S. The molecule has 1 saturated heterocycles. The third-order valence-corrected chi connectivity index (χ3v) is 6.02. The van der Waals surface area contributed by atoms with Crippen molar-refractivity contribution in [1.82, 2.24) is 4.31 Å². The lowest BCUT2D eigenvalue weighted by atomic mass is 9.99. The highest BCUT2D eigenvalue weighted by Crippen LogP contribution is 2.27. The van der Waals surface area contributed by atoms with Gasteiger partial charge in [0.1, 0.15) is 0 Å². The monoisotopic (exact) mass is 317 g/mol. The summed E-state index contributed by atoms with van der Waals surface area (Å²) in [6.07, 6.45) is 1.68. The van der Waals surface area contributed by atoms with Crippen molar-refractivity contribution in [3.63, 3.8) is 0 Å². The van der Waals surface area contributed by atoms with Crippen LogP contribution in [0.2, 0.25) is 5.02 Å². The summed E-state index contributed by atoms with van der Waals surface area (Å²) in [5.74, 6) is 0.451. The number of methoxy groups -OCH3 is 1. The minimum absolute atomic E-state index is 0.315. The summed E-state index contributed by atoms with van der Waals surface area (Å²) >= 11 is 5.93. The highest BCUT2D eigenvalue weighted by Gasteiger charge is 2.30. The Hall–Kier alpha value is -0.620. The highest BCUT2D eigenvalue weighted by atomic mass is 35.5. The molecule has 0 saturated carbocycles. The predicted octanol–water partition coefficient (Wildman–Crippen LogP) is 2.70. The summed E-state index contributed by atoms with van der Waals surface area (Å²) in [5.41, 5.74) is 0.730. The standard InChI is InChI=1S/C14H20ClNO3S/c1-11-3-4-13(15)9-14(11)20(17,18)16-7-5-12(6-8-16)10-19-2/h3-4,9,12H,5-8,10H2,1-2H3. The topological polar surface area (TPSA) is 46.6 Å². The first-order chi connectivity index (χ1) is 9.45. The zero-order chi connectivity index (χ0) is 14.8. The van der Waals surface area contributed by atoms with E-state index < -0.39 is 10.0 Å². The molecule has 20 heavy (non-hydrogen) atoms. The summed E-state index contributed by atoms with van der Waals surface area (Å²) in [7, 11) is -1.77. The van der Waals surface area contributed by atoms with Crippen LogP contribution in [0.3, 0.4) is 0 Å². The minimum atomic E-state index is -3.45. The smallest absolute Gasteiger partial charge is 0.243 e. The SMILES string of the molecule is COCC1CCN(S(=O)(=O)c2cc(Cl)ccc2C)CC1. The number of rotatable bonds is 4. The van der Waals surface area contributed by atoms with E-state index in [1.165, 1.54) is 6.07 Å². The van der Waals surface area contributed by atoms with E-state index >= 15 is 0 Å². The second kappa shape index (κ2) is 6.43. The Morgan fingerprint density at radius 1 is 1.35 bits per heavy atom. The predicted molar refractivity (Wildman–Crippen MR) is 79.5 cm³/mol. The first kappa shape index (κ1) is 15.8. The fourth-order valence-corrected chi connectivity index (χ4v) is 4.50. The van der Waals surface area contributed by atoms with E-state index in [-0.39, 0.29) is 0 Å². The molecule has 0 N–H and O–H groups in total. The third kappa shape index (κ3) is 3.34. The Morgan fingerprint density at radius 2 is 2.00 bits per heavy atom. The van der Waals surface area contributed by atoms with Crippen LogP contribution in [0.25, 0.3) is 0 Å². The number of piperidine rings is 1. The van der Waals surface area contributed by atoms with Crippen molar-refractivity contribution in [2.75, 3.05) is 26.8 Å². The van der Waals surface area contributed by atoms with Gasteiger partial charge in [0.15, 0.2) is 0 Å². The molecule has 0 unspecified atom stereocenters. The Morgan fingerprint density at radius 3 is 2.60 bits per heavy atom. The average molecular weight is 318 g/mol. The van der Waals surface area contributed by atoms with E-state index in [0.29, 0.717) is 35.5 Å². The van der Waals surface area contributed by atoms with Gasteiger partial charge in [0.2, 0.25) is 10.0 Å². The molecule has 0 aromatic heterocycles. The summed E-state index contributed by atoms with van der Waals surface area (Å²) in [4.78, 5) is 0.315. The molecule has 2 rings (SSSR count). The van der Waals surface area contributed by atoms with E-state index in [2.05, 4.69) is 0 Å². The van der Waals surface area contributed by atoms with Crippen LogP contribution in [0.4, 0.5) is 0 Å². The lowest BCUT2D eigenvalue weighted by Gasteiger charge is -2.31. The zero-order valence-electron chi connectivity index (χ0n) is 11.8. The molecule has 112 valence electrons. The molecule has 0 amide bonds. The van der Waals surface area contributed by atoms with Crippen LogP contribution in [0.1, 0.15) is 18.4 Å². The summed E-state index contributed by atoms with van der Waals surface area (Å²) < 4.78 is 32.0. The van der Waals surface area contributed by atoms with Gasteiger partial charge in [-0.25, -0.2) is 8.42 Å². The van der Waals surface area contributed by atoms with Crippen LogP contribution in [0.5, 0.6) is 0 Å². The lowest BCUT2D eigenvalue weighted by Crippen LogP contribution is -2.39. The fraction of sp³-hybridized carbons (Fsp3) is 0.571. The van der Waals surface area contributed by atoms with E-state index in [9.17, 15) is 8.42 Å². The minimum Gasteiger partial charge on any atom is -0.384 e. The van der Waals surface area contributed by atoms with Gasteiger partial charge in [0.05, 0.1) is 4.90 Å². The van der Waals surface area contributed by atoms with E-state index in [1.807, 2.05) is 0 Å². The molecule has 0 radical (unpaired) electrons. The molecule has 0 aliphatic carbocycles. The number of hydrogen-bond acceptors (Lipinski definition) is 3. The van der Waals surface area contributed by atoms with Crippen molar-refractivity contribution in [2.24, 2.45) is 5.92 Å². The number of benzene rings is 1. The number of hydrogen-bond donors (Lipinski definition) is 0. The Balaban J connectivity index is 2.18. The molecule has 1 heterocycles. The molecule has 0 spiro atoms. The number of halogens is 1. The largest absolute Gasteiger partial charge is 0.384 e. The van der Waals surface area contributed by atoms with Crippen LogP contribution in [-0.4, -0.2) is 39.5 Å². The lowest BCUT2D eigenvalue weighted by molar-refractivity contribution is 0.121. The van der Waals surface area contributed by atoms with Crippen molar-refractivity contribution in [2.45, 2.75) is 24.7 Å². The van der Waals surface area contributed by atoms with Gasteiger partial charge in [-0.15, -0.1) is 0 Å². The van der Waals surface area contributed by atoms with Crippen molar-refractivity contribution in [3.05, 3.63) is 28.8 Å². The van der Waals surface area contributed by atoms with Crippen LogP contribution in [0.15, 0.2) is 23.1 Å². The van der Waals surface area contributed by atoms with Gasteiger partial charge >= 0.3 is 0 Å². The van der Waals surface area contributed by atoms with E-state index in [0.717, 1.165) is 18.4 Å². The number of sulfonamides is 1. The van der Waals surface area contributed by atoms with Gasteiger partial charge in [-0.05, 0) is 43.4 Å². The molecule has 0 atom stereocenters. The van der Waals surface area contributed by atoms with Gasteiger partial charge in [0.25, 0.3) is 0 Å². The molecule has 1 aliphatic rings. The molecule has 4 nitrogen and oxygen atoms in total. The van der Waals surface area contributed by atoms with E-state index in [4.69, 9.17) is 16.3 Å². The molecule has 1 aliphatic heterocycles. The summed E-state index contributed by atoms with van der Waals surface area (Å²) in [5, 5.41) is 0.448. The number of aryl methyl sites for hydroxylation is 1. The zero-order valence-corrected chi connectivity index (χ0v) is 13.4. The normalized spacial score (nSPS) is 18.4. The van der Waals surface area contributed by atoms with Gasteiger partial charge in [-0.3, -0.25) is 0 Å². The number of ether oxygens (including phenoxy) is 1. The maximum Gasteiger partial charge on any atom is 0.243 e. The first-order valence-electron chi connectivity index (χ1n) is 6.70. The van der Waals surface area contributed by atoms with Gasteiger partial charge < -0.3 is 4.74 Å². The van der Waals surface area contributed by atoms with Gasteiger partial charge in [-0.2, -0.15) is 4.31 Å². The molecule has 6 heteroatoms. The summed E-state index contributed by atoms with van der Waals surface area (Å²) in [6.45, 7) is 3.58. The maximum atomic E-state index is 12.7.